The number of aromatic nitrogens is 2. The van der Waals surface area contributed by atoms with E-state index in [1.807, 2.05) is 24.3 Å². The Morgan fingerprint density at radius 3 is 2.48 bits per heavy atom. The van der Waals surface area contributed by atoms with E-state index < -0.39 is 0 Å². The summed E-state index contributed by atoms with van der Waals surface area (Å²) in [5.74, 6) is 1.45. The molecule has 0 spiro atoms. The van der Waals surface area contributed by atoms with Crippen LogP contribution in [0, 0.1) is 6.92 Å². The number of nitrogens with one attached hydrogen (secondary N) is 1. The molecule has 0 aliphatic rings. The molecule has 0 radical (unpaired) electrons. The third-order valence-corrected chi connectivity index (χ3v) is 4.62. The Kier molecular flexibility index (Phi) is 6.97. The molecule has 1 aromatic heterocycles. The van der Waals surface area contributed by atoms with Crippen LogP contribution in [0.1, 0.15) is 30.0 Å². The number of amides is 1. The zero-order valence-corrected chi connectivity index (χ0v) is 17.0. The van der Waals surface area contributed by atoms with Gasteiger partial charge in [-0.15, -0.1) is 0 Å². The normalized spacial score (nSPS) is 10.9. The van der Waals surface area contributed by atoms with Crippen molar-refractivity contribution >= 4 is 11.6 Å². The van der Waals surface area contributed by atoms with Crippen molar-refractivity contribution in [3.63, 3.8) is 0 Å². The fraction of sp³-hybridized carbons (Fsp3) is 0.318. The summed E-state index contributed by atoms with van der Waals surface area (Å²) in [4.78, 5) is 19.1. The lowest BCUT2D eigenvalue weighted by molar-refractivity contribution is 0.102. The maximum absolute atomic E-state index is 12.7. The number of aryl methyl sites for hydroxylation is 1. The van der Waals surface area contributed by atoms with Crippen LogP contribution in [0.5, 0.6) is 5.75 Å². The van der Waals surface area contributed by atoms with Crippen molar-refractivity contribution in [2.24, 2.45) is 0 Å². The van der Waals surface area contributed by atoms with Gasteiger partial charge in [0.15, 0.2) is 5.82 Å². The van der Waals surface area contributed by atoms with E-state index in [2.05, 4.69) is 34.2 Å². The van der Waals surface area contributed by atoms with E-state index in [0.717, 1.165) is 25.2 Å². The first-order valence-electron chi connectivity index (χ1n) is 9.77. The first-order chi connectivity index (χ1) is 14.1. The van der Waals surface area contributed by atoms with Crippen molar-refractivity contribution in [1.82, 2.24) is 15.0 Å². The van der Waals surface area contributed by atoms with Crippen molar-refractivity contribution in [2.75, 3.05) is 31.6 Å². The first kappa shape index (κ1) is 20.5. The van der Waals surface area contributed by atoms with Crippen LogP contribution in [0.25, 0.3) is 11.5 Å². The van der Waals surface area contributed by atoms with Gasteiger partial charge in [-0.2, -0.15) is 4.98 Å². The predicted molar refractivity (Wildman–Crippen MR) is 112 cm³/mol. The van der Waals surface area contributed by atoms with Crippen molar-refractivity contribution in [3.05, 3.63) is 59.9 Å². The lowest BCUT2D eigenvalue weighted by atomic mass is 10.1. The summed E-state index contributed by atoms with van der Waals surface area (Å²) in [6.45, 7) is 9.38. The summed E-state index contributed by atoms with van der Waals surface area (Å²) in [7, 11) is 0. The summed E-state index contributed by atoms with van der Waals surface area (Å²) >= 11 is 0. The number of nitrogens with zero attached hydrogens (tertiary/aromatic N) is 3. The van der Waals surface area contributed by atoms with Gasteiger partial charge < -0.3 is 19.5 Å². The monoisotopic (exact) mass is 394 g/mol. The van der Waals surface area contributed by atoms with E-state index in [9.17, 15) is 4.79 Å². The number of carbonyl (C=O) groups excluding carboxylic acids is 1. The molecule has 2 aromatic carbocycles. The molecular weight excluding hydrogens is 368 g/mol. The fourth-order valence-electron chi connectivity index (χ4n) is 2.89. The number of hydrogen-bond acceptors (Lipinski definition) is 6. The molecule has 0 atom stereocenters. The van der Waals surface area contributed by atoms with Crippen LogP contribution < -0.4 is 10.1 Å². The van der Waals surface area contributed by atoms with Gasteiger partial charge in [-0.05, 0) is 56.4 Å². The van der Waals surface area contributed by atoms with Crippen molar-refractivity contribution in [3.8, 4) is 17.2 Å². The van der Waals surface area contributed by atoms with E-state index in [1.165, 1.54) is 0 Å². The van der Waals surface area contributed by atoms with Crippen molar-refractivity contribution < 1.29 is 14.1 Å². The second kappa shape index (κ2) is 9.84. The predicted octanol–water partition coefficient (Wildman–Crippen LogP) is 4.02. The molecule has 1 N–H and O–H groups in total. The van der Waals surface area contributed by atoms with Gasteiger partial charge in [-0.3, -0.25) is 4.79 Å². The molecule has 1 heterocycles. The molecule has 3 aromatic rings. The highest BCUT2D eigenvalue weighted by Gasteiger charge is 2.12. The lowest BCUT2D eigenvalue weighted by Gasteiger charge is -2.19. The van der Waals surface area contributed by atoms with Crippen LogP contribution in [-0.2, 0) is 0 Å². The molecule has 3 rings (SSSR count). The number of likely N-dealkylation sites (N-methyl/N-ethyl adjacent to an activating group) is 1. The van der Waals surface area contributed by atoms with Gasteiger partial charge in [0.25, 0.3) is 11.8 Å². The maximum Gasteiger partial charge on any atom is 0.257 e. The highest BCUT2D eigenvalue weighted by Crippen LogP contribution is 2.25. The average molecular weight is 394 g/mol. The number of ether oxygens (including phenoxy) is 1. The molecule has 0 unspecified atom stereocenters. The van der Waals surface area contributed by atoms with E-state index in [-0.39, 0.29) is 5.91 Å². The van der Waals surface area contributed by atoms with Gasteiger partial charge in [0.1, 0.15) is 12.4 Å². The van der Waals surface area contributed by atoms with Gasteiger partial charge in [0.05, 0.1) is 5.69 Å². The van der Waals surface area contributed by atoms with Crippen LogP contribution in [0.4, 0.5) is 5.69 Å². The van der Waals surface area contributed by atoms with Crippen LogP contribution in [0.2, 0.25) is 0 Å². The minimum absolute atomic E-state index is 0.210. The van der Waals surface area contributed by atoms with Crippen LogP contribution in [0.3, 0.4) is 0 Å². The molecule has 152 valence electrons. The largest absolute Gasteiger partial charge is 0.490 e. The summed E-state index contributed by atoms with van der Waals surface area (Å²) in [5, 5.41) is 6.71. The standard InChI is InChI=1S/C22H26N4O3/c1-4-26(5-2)14-15-28-20-9-7-6-8-19(20)24-21(27)17-10-12-18(13-11-17)22-23-16(3)25-29-22/h6-13H,4-5,14-15H2,1-3H3,(H,24,27). The Labute approximate surface area is 170 Å². The zero-order chi connectivity index (χ0) is 20.6. The molecule has 1 amide bonds. The van der Waals surface area contributed by atoms with Crippen molar-refractivity contribution in [1.29, 1.82) is 0 Å². The third kappa shape index (κ3) is 5.42. The Morgan fingerprint density at radius 1 is 1.10 bits per heavy atom. The van der Waals surface area contributed by atoms with Gasteiger partial charge in [0.2, 0.25) is 0 Å². The third-order valence-electron chi connectivity index (χ3n) is 4.62. The molecule has 0 saturated heterocycles. The molecule has 0 aliphatic carbocycles. The van der Waals surface area contributed by atoms with Gasteiger partial charge in [0, 0.05) is 17.7 Å². The second-order valence-electron chi connectivity index (χ2n) is 6.55. The minimum atomic E-state index is -0.210. The first-order valence-corrected chi connectivity index (χ1v) is 9.77. The molecule has 0 saturated carbocycles. The molecule has 7 heteroatoms. The molecule has 7 nitrogen and oxygen atoms in total. The number of anilines is 1. The highest BCUT2D eigenvalue weighted by atomic mass is 16.5. The Morgan fingerprint density at radius 2 is 1.83 bits per heavy atom. The molecule has 0 bridgehead atoms. The summed E-state index contributed by atoms with van der Waals surface area (Å²) in [6.07, 6.45) is 0. The minimum Gasteiger partial charge on any atom is -0.490 e. The smallest absolute Gasteiger partial charge is 0.257 e. The molecule has 0 aliphatic heterocycles. The van der Waals surface area contributed by atoms with Crippen molar-refractivity contribution in [2.45, 2.75) is 20.8 Å². The van der Waals surface area contributed by atoms with Gasteiger partial charge in [-0.25, -0.2) is 0 Å². The summed E-state index contributed by atoms with van der Waals surface area (Å²) < 4.78 is 11.1. The fourth-order valence-corrected chi connectivity index (χ4v) is 2.89. The molecule has 0 fully saturated rings. The Hall–Kier alpha value is -3.19. The van der Waals surface area contributed by atoms with E-state index in [4.69, 9.17) is 9.26 Å². The van der Waals surface area contributed by atoms with E-state index in [0.29, 0.717) is 35.3 Å². The highest BCUT2D eigenvalue weighted by molar-refractivity contribution is 6.05. The average Bonchev–Trinajstić information content (AvgIpc) is 3.19. The zero-order valence-electron chi connectivity index (χ0n) is 17.0. The quantitative estimate of drug-likeness (QED) is 0.590. The SMILES string of the molecule is CCN(CC)CCOc1ccccc1NC(=O)c1ccc(-c2nc(C)no2)cc1. The molecule has 29 heavy (non-hydrogen) atoms. The maximum atomic E-state index is 12.7. The number of carbonyl (C=O) groups is 1. The Balaban J connectivity index is 1.64. The summed E-state index contributed by atoms with van der Waals surface area (Å²) in [6, 6.07) is 14.5. The lowest BCUT2D eigenvalue weighted by Crippen LogP contribution is -2.28. The number of para-hydroxylation sites is 2. The van der Waals surface area contributed by atoms with E-state index >= 15 is 0 Å². The number of hydrogen-bond donors (Lipinski definition) is 1. The van der Waals surface area contributed by atoms with E-state index in [1.54, 1.807) is 31.2 Å². The molecular formula is C22H26N4O3. The van der Waals surface area contributed by atoms with Crippen LogP contribution >= 0.6 is 0 Å². The van der Waals surface area contributed by atoms with Crippen LogP contribution in [0.15, 0.2) is 53.1 Å². The van der Waals surface area contributed by atoms with Gasteiger partial charge in [-0.1, -0.05) is 31.1 Å². The summed E-state index contributed by atoms with van der Waals surface area (Å²) in [5.41, 5.74) is 1.94. The van der Waals surface area contributed by atoms with Gasteiger partial charge >= 0.3 is 0 Å². The number of rotatable bonds is 9. The van der Waals surface area contributed by atoms with Crippen LogP contribution in [-0.4, -0.2) is 47.2 Å². The number of benzene rings is 2. The Bertz CT molecular complexity index is 933. The second-order valence-corrected chi connectivity index (χ2v) is 6.55. The topological polar surface area (TPSA) is 80.5 Å².